The summed E-state index contributed by atoms with van der Waals surface area (Å²) in [5.74, 6) is 0. The van der Waals surface area contributed by atoms with Crippen LogP contribution in [0.15, 0.2) is 54.7 Å². The van der Waals surface area contributed by atoms with E-state index in [9.17, 15) is 8.42 Å². The lowest BCUT2D eigenvalue weighted by Crippen LogP contribution is -2.40. The van der Waals surface area contributed by atoms with E-state index < -0.39 is 10.2 Å². The maximum absolute atomic E-state index is 12.6. The van der Waals surface area contributed by atoms with Crippen LogP contribution in [-0.4, -0.2) is 24.3 Å². The van der Waals surface area contributed by atoms with Gasteiger partial charge in [0, 0.05) is 19.3 Å². The van der Waals surface area contributed by atoms with E-state index in [-0.39, 0.29) is 6.04 Å². The molecule has 3 rings (SSSR count). The van der Waals surface area contributed by atoms with Gasteiger partial charge >= 0.3 is 0 Å². The second kappa shape index (κ2) is 6.56. The van der Waals surface area contributed by atoms with Gasteiger partial charge in [-0.2, -0.15) is 17.4 Å². The number of nitrogens with one attached hydrogen (secondary N) is 1. The van der Waals surface area contributed by atoms with Gasteiger partial charge in [0.1, 0.15) is 0 Å². The lowest BCUT2D eigenvalue weighted by atomic mass is 10.1. The summed E-state index contributed by atoms with van der Waals surface area (Å²) in [5, 5.41) is 0. The van der Waals surface area contributed by atoms with Gasteiger partial charge in [-0.3, -0.25) is 4.98 Å². The summed E-state index contributed by atoms with van der Waals surface area (Å²) in [5.41, 5.74) is 1.75. The number of hydrogen-bond acceptors (Lipinski definition) is 3. The van der Waals surface area contributed by atoms with E-state index in [4.69, 9.17) is 0 Å². The Balaban J connectivity index is 1.73. The molecule has 6 heteroatoms. The van der Waals surface area contributed by atoms with Crippen LogP contribution in [0.5, 0.6) is 0 Å². The maximum atomic E-state index is 12.6. The van der Waals surface area contributed by atoms with Crippen molar-refractivity contribution >= 4 is 10.2 Å². The average Bonchev–Trinajstić information content (AvgIpc) is 3.06. The smallest absolute Gasteiger partial charge is 0.260 e. The van der Waals surface area contributed by atoms with Crippen molar-refractivity contribution in [3.05, 3.63) is 66.0 Å². The van der Waals surface area contributed by atoms with E-state index >= 15 is 0 Å². The van der Waals surface area contributed by atoms with Crippen molar-refractivity contribution in [1.82, 2.24) is 14.0 Å². The molecule has 0 amide bonds. The fourth-order valence-electron chi connectivity index (χ4n) is 2.75. The number of hydrogen-bond donors (Lipinski definition) is 1. The molecule has 1 saturated heterocycles. The van der Waals surface area contributed by atoms with Crippen molar-refractivity contribution in [2.45, 2.75) is 25.4 Å². The number of nitrogens with zero attached hydrogens (tertiary/aromatic N) is 2. The monoisotopic (exact) mass is 317 g/mol. The van der Waals surface area contributed by atoms with Gasteiger partial charge in [0.15, 0.2) is 0 Å². The zero-order valence-electron chi connectivity index (χ0n) is 12.2. The van der Waals surface area contributed by atoms with Crippen LogP contribution in [0.2, 0.25) is 0 Å². The quantitative estimate of drug-likeness (QED) is 0.920. The fourth-order valence-corrected chi connectivity index (χ4v) is 4.18. The first-order valence-corrected chi connectivity index (χ1v) is 8.82. The van der Waals surface area contributed by atoms with Crippen LogP contribution in [-0.2, 0) is 16.8 Å². The van der Waals surface area contributed by atoms with Gasteiger partial charge < -0.3 is 0 Å². The Labute approximate surface area is 131 Å². The van der Waals surface area contributed by atoms with Crippen LogP contribution in [0, 0.1) is 0 Å². The van der Waals surface area contributed by atoms with E-state index in [1.807, 2.05) is 48.5 Å². The zero-order chi connectivity index (χ0) is 15.4. The Kier molecular flexibility index (Phi) is 4.52. The molecule has 2 heterocycles. The van der Waals surface area contributed by atoms with Crippen molar-refractivity contribution in [3.8, 4) is 0 Å². The third kappa shape index (κ3) is 3.35. The molecule has 2 aromatic rings. The van der Waals surface area contributed by atoms with Crippen LogP contribution in [0.25, 0.3) is 0 Å². The molecule has 0 spiro atoms. The van der Waals surface area contributed by atoms with Crippen molar-refractivity contribution < 1.29 is 8.42 Å². The third-order valence-corrected chi connectivity index (χ3v) is 5.41. The highest BCUT2D eigenvalue weighted by Gasteiger charge is 2.35. The molecule has 0 bridgehead atoms. The number of rotatable bonds is 5. The molecule has 0 aliphatic carbocycles. The van der Waals surface area contributed by atoms with Crippen molar-refractivity contribution in [2.24, 2.45) is 0 Å². The lowest BCUT2D eigenvalue weighted by Gasteiger charge is -2.23. The normalized spacial score (nSPS) is 19.4. The summed E-state index contributed by atoms with van der Waals surface area (Å²) in [4.78, 5) is 4.31. The topological polar surface area (TPSA) is 62.3 Å². The Bertz CT molecular complexity index is 705. The SMILES string of the molecule is O=S(=O)(NCc1ccccc1)N1CCC[C@H]1c1ccccn1. The van der Waals surface area contributed by atoms with Crippen LogP contribution >= 0.6 is 0 Å². The first kappa shape index (κ1) is 15.1. The van der Waals surface area contributed by atoms with Crippen LogP contribution in [0.4, 0.5) is 0 Å². The molecule has 1 fully saturated rings. The number of benzene rings is 1. The summed E-state index contributed by atoms with van der Waals surface area (Å²) < 4.78 is 29.4. The minimum atomic E-state index is -3.51. The van der Waals surface area contributed by atoms with Crippen LogP contribution < -0.4 is 4.72 Å². The second-order valence-corrected chi connectivity index (χ2v) is 7.04. The molecule has 1 aromatic heterocycles. The second-order valence-electron chi connectivity index (χ2n) is 5.34. The Morgan fingerprint density at radius 3 is 2.64 bits per heavy atom. The highest BCUT2D eigenvalue weighted by molar-refractivity contribution is 7.87. The molecule has 1 aliphatic rings. The predicted octanol–water partition coefficient (Wildman–Crippen LogP) is 2.25. The number of pyridine rings is 1. The molecule has 5 nitrogen and oxygen atoms in total. The predicted molar refractivity (Wildman–Crippen MR) is 85.1 cm³/mol. The first-order valence-electron chi connectivity index (χ1n) is 7.38. The van der Waals surface area contributed by atoms with Crippen molar-refractivity contribution in [1.29, 1.82) is 0 Å². The van der Waals surface area contributed by atoms with E-state index in [0.717, 1.165) is 24.1 Å². The molecule has 22 heavy (non-hydrogen) atoms. The molecule has 1 atom stereocenters. The Morgan fingerprint density at radius 2 is 1.91 bits per heavy atom. The molecule has 1 aliphatic heterocycles. The van der Waals surface area contributed by atoms with E-state index in [1.54, 1.807) is 6.20 Å². The van der Waals surface area contributed by atoms with Crippen LogP contribution in [0.1, 0.15) is 30.1 Å². The standard InChI is InChI=1S/C16H19N3O2S/c20-22(21,18-13-14-7-2-1-3-8-14)19-12-6-10-16(19)15-9-4-5-11-17-15/h1-5,7-9,11,16,18H,6,10,12-13H2/t16-/m0/s1. The highest BCUT2D eigenvalue weighted by Crippen LogP contribution is 2.32. The lowest BCUT2D eigenvalue weighted by molar-refractivity contribution is 0.383. The van der Waals surface area contributed by atoms with Gasteiger partial charge in [-0.05, 0) is 30.5 Å². The van der Waals surface area contributed by atoms with Gasteiger partial charge in [-0.1, -0.05) is 36.4 Å². The summed E-state index contributed by atoms with van der Waals surface area (Å²) >= 11 is 0. The summed E-state index contributed by atoms with van der Waals surface area (Å²) in [6.45, 7) is 0.833. The van der Waals surface area contributed by atoms with Gasteiger partial charge in [0.2, 0.25) is 0 Å². The van der Waals surface area contributed by atoms with Crippen molar-refractivity contribution in [2.75, 3.05) is 6.54 Å². The Hall–Kier alpha value is -1.76. The van der Waals surface area contributed by atoms with Gasteiger partial charge in [-0.25, -0.2) is 0 Å². The highest BCUT2D eigenvalue weighted by atomic mass is 32.2. The van der Waals surface area contributed by atoms with Crippen LogP contribution in [0.3, 0.4) is 0 Å². The van der Waals surface area contributed by atoms with E-state index in [2.05, 4.69) is 9.71 Å². The van der Waals surface area contributed by atoms with Crippen molar-refractivity contribution in [3.63, 3.8) is 0 Å². The molecule has 0 radical (unpaired) electrons. The Morgan fingerprint density at radius 1 is 1.14 bits per heavy atom. The molecule has 116 valence electrons. The summed E-state index contributed by atoms with van der Waals surface area (Å²) in [7, 11) is -3.51. The van der Waals surface area contributed by atoms with Gasteiger partial charge in [0.05, 0.1) is 11.7 Å². The summed E-state index contributed by atoms with van der Waals surface area (Å²) in [6, 6.07) is 15.0. The minimum absolute atomic E-state index is 0.172. The molecule has 0 unspecified atom stereocenters. The third-order valence-electron chi connectivity index (χ3n) is 3.84. The van der Waals surface area contributed by atoms with E-state index in [0.29, 0.717) is 13.1 Å². The minimum Gasteiger partial charge on any atom is -0.260 e. The zero-order valence-corrected chi connectivity index (χ0v) is 13.0. The largest absolute Gasteiger partial charge is 0.280 e. The molecular formula is C16H19N3O2S. The first-order chi connectivity index (χ1) is 10.7. The fraction of sp³-hybridized carbons (Fsp3) is 0.312. The summed E-state index contributed by atoms with van der Waals surface area (Å²) in [6.07, 6.45) is 3.37. The van der Waals surface area contributed by atoms with Gasteiger partial charge in [-0.15, -0.1) is 0 Å². The van der Waals surface area contributed by atoms with Gasteiger partial charge in [0.25, 0.3) is 10.2 Å². The molecular weight excluding hydrogens is 298 g/mol. The average molecular weight is 317 g/mol. The molecule has 1 aromatic carbocycles. The van der Waals surface area contributed by atoms with E-state index in [1.165, 1.54) is 4.31 Å². The molecule has 0 saturated carbocycles. The molecule has 1 N–H and O–H groups in total. The maximum Gasteiger partial charge on any atom is 0.280 e. The number of aromatic nitrogens is 1.